The zero-order valence-corrected chi connectivity index (χ0v) is 24.9. The third kappa shape index (κ3) is 5.23. The van der Waals surface area contributed by atoms with Gasteiger partial charge in [-0.2, -0.15) is 0 Å². The van der Waals surface area contributed by atoms with Gasteiger partial charge in [0.1, 0.15) is 5.54 Å². The Morgan fingerprint density at radius 1 is 1.13 bits per heavy atom. The van der Waals surface area contributed by atoms with Crippen LogP contribution in [0.15, 0.2) is 46.9 Å². The Morgan fingerprint density at radius 3 is 2.56 bits per heavy atom. The Morgan fingerprint density at radius 2 is 1.87 bits per heavy atom. The molecule has 3 aliphatic rings. The maximum atomic E-state index is 13.1. The topological polar surface area (TPSA) is 73.0 Å². The fourth-order valence-corrected chi connectivity index (χ4v) is 7.23. The molecular formula is C30H36BrClN4O3. The Bertz CT molecular complexity index is 1260. The summed E-state index contributed by atoms with van der Waals surface area (Å²) in [5, 5.41) is 3.49. The Kier molecular flexibility index (Phi) is 8.36. The molecule has 2 atom stereocenters. The molecule has 5 rings (SSSR count). The van der Waals surface area contributed by atoms with E-state index in [9.17, 15) is 14.4 Å². The van der Waals surface area contributed by atoms with E-state index in [0.29, 0.717) is 30.8 Å². The van der Waals surface area contributed by atoms with Crippen molar-refractivity contribution in [3.8, 4) is 0 Å². The molecule has 2 aromatic rings. The number of halogens is 2. The first-order valence-corrected chi connectivity index (χ1v) is 15.0. The molecule has 2 unspecified atom stereocenters. The number of fused-ring (bicyclic) bond motifs is 1. The summed E-state index contributed by atoms with van der Waals surface area (Å²) in [6.45, 7) is 2.94. The van der Waals surface area contributed by atoms with Crippen molar-refractivity contribution in [2.45, 2.75) is 56.0 Å². The van der Waals surface area contributed by atoms with Crippen LogP contribution in [-0.2, 0) is 9.59 Å². The third-order valence-corrected chi connectivity index (χ3v) is 10.2. The van der Waals surface area contributed by atoms with Crippen molar-refractivity contribution >= 4 is 45.3 Å². The number of piperidine rings is 2. The highest BCUT2D eigenvalue weighted by Crippen LogP contribution is 2.45. The van der Waals surface area contributed by atoms with E-state index in [-0.39, 0.29) is 29.7 Å². The molecule has 1 N–H and O–H groups in total. The van der Waals surface area contributed by atoms with Crippen molar-refractivity contribution < 1.29 is 14.4 Å². The molecule has 9 heteroatoms. The summed E-state index contributed by atoms with van der Waals surface area (Å²) in [4.78, 5) is 45.2. The molecule has 208 valence electrons. The lowest BCUT2D eigenvalue weighted by atomic mass is 9.82. The van der Waals surface area contributed by atoms with Crippen LogP contribution in [0, 0.1) is 0 Å². The highest BCUT2D eigenvalue weighted by molar-refractivity contribution is 9.10. The van der Waals surface area contributed by atoms with Gasteiger partial charge < -0.3 is 20.0 Å². The molecule has 3 aliphatic heterocycles. The lowest BCUT2D eigenvalue weighted by molar-refractivity contribution is -0.153. The number of amides is 3. The number of carbonyl (C=O) groups excluding carboxylic acids is 3. The molecule has 0 aromatic heterocycles. The Balaban J connectivity index is 1.36. The van der Waals surface area contributed by atoms with Crippen LogP contribution >= 0.6 is 27.5 Å². The minimum Gasteiger partial charge on any atom is -0.357 e. The van der Waals surface area contributed by atoms with Crippen molar-refractivity contribution in [3.63, 3.8) is 0 Å². The lowest BCUT2D eigenvalue weighted by Gasteiger charge is -2.48. The first-order valence-electron chi connectivity index (χ1n) is 13.8. The molecule has 7 nitrogen and oxygen atoms in total. The number of rotatable bonds is 7. The van der Waals surface area contributed by atoms with Crippen molar-refractivity contribution in [3.05, 3.63) is 68.7 Å². The van der Waals surface area contributed by atoms with Crippen LogP contribution in [0.2, 0.25) is 5.02 Å². The van der Waals surface area contributed by atoms with E-state index in [1.807, 2.05) is 47.2 Å². The monoisotopic (exact) mass is 614 g/mol. The van der Waals surface area contributed by atoms with E-state index in [1.54, 1.807) is 7.05 Å². The number of likely N-dealkylation sites (tertiary alicyclic amines) is 2. The highest BCUT2D eigenvalue weighted by Gasteiger charge is 2.48. The van der Waals surface area contributed by atoms with Gasteiger partial charge >= 0.3 is 0 Å². The van der Waals surface area contributed by atoms with E-state index >= 15 is 0 Å². The first-order chi connectivity index (χ1) is 18.8. The van der Waals surface area contributed by atoms with Gasteiger partial charge in [0.2, 0.25) is 11.8 Å². The Hall–Kier alpha value is -2.42. The van der Waals surface area contributed by atoms with Gasteiger partial charge in [0, 0.05) is 56.1 Å². The van der Waals surface area contributed by atoms with Crippen molar-refractivity contribution in [2.75, 3.05) is 40.3 Å². The molecule has 39 heavy (non-hydrogen) atoms. The fourth-order valence-electron chi connectivity index (χ4n) is 6.79. The number of likely N-dealkylation sites (N-methyl/N-ethyl adjacent to an activating group) is 2. The lowest BCUT2D eigenvalue weighted by Crippen LogP contribution is -2.65. The van der Waals surface area contributed by atoms with Crippen molar-refractivity contribution in [1.82, 2.24) is 20.0 Å². The summed E-state index contributed by atoms with van der Waals surface area (Å²) < 4.78 is 0.844. The van der Waals surface area contributed by atoms with Gasteiger partial charge in [0.25, 0.3) is 5.91 Å². The smallest absolute Gasteiger partial charge is 0.254 e. The number of nitrogens with one attached hydrogen (secondary N) is 1. The van der Waals surface area contributed by atoms with Gasteiger partial charge in [-0.25, -0.2) is 0 Å². The van der Waals surface area contributed by atoms with E-state index in [1.165, 1.54) is 0 Å². The number of carbonyl (C=O) groups is 3. The largest absolute Gasteiger partial charge is 0.357 e. The number of nitrogens with zero attached hydrogens (tertiary/aromatic N) is 3. The number of hydrogen-bond acceptors (Lipinski definition) is 4. The van der Waals surface area contributed by atoms with Gasteiger partial charge in [0.05, 0.1) is 11.1 Å². The zero-order chi connectivity index (χ0) is 27.7. The van der Waals surface area contributed by atoms with E-state index in [0.717, 1.165) is 60.1 Å². The van der Waals surface area contributed by atoms with Crippen LogP contribution in [0.3, 0.4) is 0 Å². The van der Waals surface area contributed by atoms with Gasteiger partial charge in [-0.3, -0.25) is 14.4 Å². The van der Waals surface area contributed by atoms with Gasteiger partial charge in [0.15, 0.2) is 0 Å². The van der Waals surface area contributed by atoms with E-state index in [2.05, 4.69) is 38.3 Å². The van der Waals surface area contributed by atoms with Crippen LogP contribution in [0.25, 0.3) is 0 Å². The summed E-state index contributed by atoms with van der Waals surface area (Å²) in [6.07, 6.45) is 4.43. The summed E-state index contributed by atoms with van der Waals surface area (Å²) in [7, 11) is 3.55. The number of benzene rings is 2. The second-order valence-corrected chi connectivity index (χ2v) is 12.2. The van der Waals surface area contributed by atoms with Crippen molar-refractivity contribution in [2.24, 2.45) is 0 Å². The molecule has 0 saturated carbocycles. The first kappa shape index (κ1) is 28.1. The van der Waals surface area contributed by atoms with Crippen LogP contribution in [0.5, 0.6) is 0 Å². The number of hydrogen-bond donors (Lipinski definition) is 1. The van der Waals surface area contributed by atoms with Crippen LogP contribution < -0.4 is 5.32 Å². The predicted molar refractivity (Wildman–Crippen MR) is 156 cm³/mol. The second-order valence-electron chi connectivity index (χ2n) is 11.0. The standard InChI is InChI=1S/C30H36BrClN4O3/c1-33-29(39)30(36-15-6-5-9-26(36)37)13-17-35(18-14-30)16-12-21(20-10-11-24(31)25(32)19-20)27-22-7-3-4-8-23(22)28(38)34(27)2/h3-4,7-8,10-11,19,21,27H,5-6,9,12-18H2,1-2H3,(H,33,39). The molecule has 0 bridgehead atoms. The maximum Gasteiger partial charge on any atom is 0.254 e. The third-order valence-electron chi connectivity index (χ3n) is 8.93. The maximum absolute atomic E-state index is 13.1. The quantitative estimate of drug-likeness (QED) is 0.476. The summed E-state index contributed by atoms with van der Waals surface area (Å²) in [6, 6.07) is 13.9. The minimum absolute atomic E-state index is 0.0440. The molecule has 0 radical (unpaired) electrons. The molecule has 0 aliphatic carbocycles. The minimum atomic E-state index is -0.765. The molecule has 2 fully saturated rings. The van der Waals surface area contributed by atoms with Crippen LogP contribution in [0.1, 0.15) is 72.0 Å². The van der Waals surface area contributed by atoms with Crippen molar-refractivity contribution in [1.29, 1.82) is 0 Å². The SMILES string of the molecule is CNC(=O)C1(N2CCCCC2=O)CCN(CCC(c2ccc(Br)c(Cl)c2)C2c3ccccc3C(=O)N2C)CC1. The molecule has 0 spiro atoms. The molecule has 2 saturated heterocycles. The zero-order valence-electron chi connectivity index (χ0n) is 22.6. The Labute approximate surface area is 244 Å². The second kappa shape index (κ2) is 11.6. The molecule has 2 aromatic carbocycles. The van der Waals surface area contributed by atoms with Gasteiger partial charge in [-0.05, 0) is 83.9 Å². The molecule has 3 amide bonds. The average Bonchev–Trinajstić information content (AvgIpc) is 3.20. The normalized spacial score (nSPS) is 22.1. The summed E-state index contributed by atoms with van der Waals surface area (Å²) in [5.41, 5.74) is 2.14. The van der Waals surface area contributed by atoms with Crippen LogP contribution in [-0.4, -0.2) is 78.2 Å². The molecular weight excluding hydrogens is 580 g/mol. The fraction of sp³-hybridized carbons (Fsp3) is 0.500. The van der Waals surface area contributed by atoms with Gasteiger partial charge in [-0.15, -0.1) is 0 Å². The highest BCUT2D eigenvalue weighted by atomic mass is 79.9. The van der Waals surface area contributed by atoms with E-state index in [4.69, 9.17) is 11.6 Å². The predicted octanol–water partition coefficient (Wildman–Crippen LogP) is 5.00. The van der Waals surface area contributed by atoms with E-state index < -0.39 is 5.54 Å². The van der Waals surface area contributed by atoms with Crippen LogP contribution in [0.4, 0.5) is 0 Å². The van der Waals surface area contributed by atoms with Gasteiger partial charge in [-0.1, -0.05) is 35.9 Å². The molecule has 3 heterocycles. The summed E-state index contributed by atoms with van der Waals surface area (Å²) >= 11 is 10.0. The summed E-state index contributed by atoms with van der Waals surface area (Å²) in [5.74, 6) is 0.131. The average molecular weight is 616 g/mol.